The van der Waals surface area contributed by atoms with Gasteiger partial charge in [0.1, 0.15) is 12.4 Å². The number of rotatable bonds is 5. The van der Waals surface area contributed by atoms with Crippen molar-refractivity contribution in [1.82, 2.24) is 4.90 Å². The van der Waals surface area contributed by atoms with Crippen molar-refractivity contribution in [1.29, 1.82) is 0 Å². The fourth-order valence-electron chi connectivity index (χ4n) is 2.13. The molecule has 1 aromatic rings. The standard InChI is InChI=1S/C14H18F4N2O/c1-3-10(4-2)20(8-14(16,17)18)13(21)9-5-6-11(15)12(19)7-9/h5-7,10H,3-4,8,19H2,1-2H3. The van der Waals surface area contributed by atoms with E-state index in [1.165, 1.54) is 0 Å². The van der Waals surface area contributed by atoms with Gasteiger partial charge in [-0.25, -0.2) is 4.39 Å². The number of halogens is 4. The smallest absolute Gasteiger partial charge is 0.396 e. The number of nitrogens with two attached hydrogens (primary N) is 1. The maximum absolute atomic E-state index is 13.1. The van der Waals surface area contributed by atoms with E-state index in [-0.39, 0.29) is 11.3 Å². The van der Waals surface area contributed by atoms with E-state index in [2.05, 4.69) is 0 Å². The van der Waals surface area contributed by atoms with Crippen LogP contribution in [0.4, 0.5) is 23.2 Å². The average molecular weight is 306 g/mol. The van der Waals surface area contributed by atoms with Crippen LogP contribution in [0.15, 0.2) is 18.2 Å². The van der Waals surface area contributed by atoms with Crippen molar-refractivity contribution < 1.29 is 22.4 Å². The van der Waals surface area contributed by atoms with E-state index in [0.717, 1.165) is 23.1 Å². The monoisotopic (exact) mass is 306 g/mol. The molecule has 0 fully saturated rings. The van der Waals surface area contributed by atoms with Gasteiger partial charge in [-0.2, -0.15) is 13.2 Å². The highest BCUT2D eigenvalue weighted by atomic mass is 19.4. The largest absolute Gasteiger partial charge is 0.406 e. The molecule has 0 aliphatic rings. The molecule has 0 heterocycles. The Labute approximate surface area is 120 Å². The summed E-state index contributed by atoms with van der Waals surface area (Å²) in [6.45, 7) is 2.09. The van der Waals surface area contributed by atoms with E-state index < -0.39 is 30.5 Å². The second kappa shape index (κ2) is 6.78. The molecule has 0 aromatic heterocycles. The minimum absolute atomic E-state index is 0.0509. The highest BCUT2D eigenvalue weighted by molar-refractivity contribution is 5.95. The Hall–Kier alpha value is -1.79. The van der Waals surface area contributed by atoms with Gasteiger partial charge in [0.05, 0.1) is 5.69 Å². The van der Waals surface area contributed by atoms with Crippen molar-refractivity contribution in [2.45, 2.75) is 38.9 Å². The van der Waals surface area contributed by atoms with E-state index in [1.54, 1.807) is 13.8 Å². The predicted octanol–water partition coefficient (Wildman–Crippen LogP) is 3.60. The number of carbonyl (C=O) groups is 1. The fourth-order valence-corrected chi connectivity index (χ4v) is 2.13. The number of benzene rings is 1. The van der Waals surface area contributed by atoms with Crippen LogP contribution in [0.3, 0.4) is 0 Å². The van der Waals surface area contributed by atoms with Crippen molar-refractivity contribution in [3.8, 4) is 0 Å². The lowest BCUT2D eigenvalue weighted by Crippen LogP contribution is -2.45. The molecule has 0 saturated heterocycles. The van der Waals surface area contributed by atoms with Gasteiger partial charge in [-0.15, -0.1) is 0 Å². The number of anilines is 1. The Morgan fingerprint density at radius 1 is 1.29 bits per heavy atom. The number of nitrogens with zero attached hydrogens (tertiary/aromatic N) is 1. The SMILES string of the molecule is CCC(CC)N(CC(F)(F)F)C(=O)c1ccc(F)c(N)c1. The Morgan fingerprint density at radius 3 is 2.29 bits per heavy atom. The van der Waals surface area contributed by atoms with Crippen LogP contribution in [0.25, 0.3) is 0 Å². The van der Waals surface area contributed by atoms with Crippen molar-refractivity contribution in [2.24, 2.45) is 0 Å². The van der Waals surface area contributed by atoms with Crippen LogP contribution in [0.1, 0.15) is 37.0 Å². The van der Waals surface area contributed by atoms with E-state index in [9.17, 15) is 22.4 Å². The average Bonchev–Trinajstić information content (AvgIpc) is 2.40. The van der Waals surface area contributed by atoms with Crippen LogP contribution >= 0.6 is 0 Å². The van der Waals surface area contributed by atoms with Gasteiger partial charge in [0.2, 0.25) is 0 Å². The highest BCUT2D eigenvalue weighted by Crippen LogP contribution is 2.23. The molecular weight excluding hydrogens is 288 g/mol. The number of hydrogen-bond acceptors (Lipinski definition) is 2. The Bertz CT molecular complexity index is 498. The van der Waals surface area contributed by atoms with Gasteiger partial charge in [-0.05, 0) is 31.0 Å². The zero-order valence-electron chi connectivity index (χ0n) is 11.9. The summed E-state index contributed by atoms with van der Waals surface area (Å²) < 4.78 is 51.1. The number of carbonyl (C=O) groups excluding carboxylic acids is 1. The van der Waals surface area contributed by atoms with E-state index in [0.29, 0.717) is 12.8 Å². The summed E-state index contributed by atoms with van der Waals surface area (Å²) in [5, 5.41) is 0. The fraction of sp³-hybridized carbons (Fsp3) is 0.500. The molecule has 0 unspecified atom stereocenters. The first-order valence-corrected chi connectivity index (χ1v) is 6.62. The van der Waals surface area contributed by atoms with Gasteiger partial charge in [0.25, 0.3) is 5.91 Å². The first-order valence-electron chi connectivity index (χ1n) is 6.62. The van der Waals surface area contributed by atoms with Crippen molar-refractivity contribution in [3.05, 3.63) is 29.6 Å². The third-order valence-corrected chi connectivity index (χ3v) is 3.24. The lowest BCUT2D eigenvalue weighted by molar-refractivity contribution is -0.144. The summed E-state index contributed by atoms with van der Waals surface area (Å²) in [6.07, 6.45) is -3.70. The van der Waals surface area contributed by atoms with Crippen LogP contribution in [0.2, 0.25) is 0 Å². The van der Waals surface area contributed by atoms with Crippen LogP contribution in [0, 0.1) is 5.82 Å². The zero-order valence-corrected chi connectivity index (χ0v) is 11.9. The second-order valence-electron chi connectivity index (χ2n) is 4.75. The summed E-state index contributed by atoms with van der Waals surface area (Å²) in [4.78, 5) is 13.1. The Kier molecular flexibility index (Phi) is 5.57. The van der Waals surface area contributed by atoms with Crippen molar-refractivity contribution in [3.63, 3.8) is 0 Å². The maximum atomic E-state index is 13.1. The molecule has 0 aliphatic carbocycles. The van der Waals surface area contributed by atoms with Gasteiger partial charge >= 0.3 is 6.18 Å². The number of alkyl halides is 3. The van der Waals surface area contributed by atoms with Crippen molar-refractivity contribution >= 4 is 11.6 Å². The van der Waals surface area contributed by atoms with Gasteiger partial charge in [-0.3, -0.25) is 4.79 Å². The van der Waals surface area contributed by atoms with Gasteiger partial charge in [0.15, 0.2) is 0 Å². The molecule has 118 valence electrons. The van der Waals surface area contributed by atoms with Crippen LogP contribution < -0.4 is 5.73 Å². The van der Waals surface area contributed by atoms with Crippen LogP contribution in [-0.2, 0) is 0 Å². The summed E-state index contributed by atoms with van der Waals surface area (Å²) in [7, 11) is 0. The molecule has 0 bridgehead atoms. The molecule has 3 nitrogen and oxygen atoms in total. The molecular formula is C14H18F4N2O. The molecule has 7 heteroatoms. The highest BCUT2D eigenvalue weighted by Gasteiger charge is 2.36. The third-order valence-electron chi connectivity index (χ3n) is 3.24. The van der Waals surface area contributed by atoms with Gasteiger partial charge < -0.3 is 10.6 Å². The molecule has 1 rings (SSSR count). The quantitative estimate of drug-likeness (QED) is 0.667. The van der Waals surface area contributed by atoms with Crippen LogP contribution in [0.5, 0.6) is 0 Å². The zero-order chi connectivity index (χ0) is 16.2. The molecule has 0 atom stereocenters. The lowest BCUT2D eigenvalue weighted by Gasteiger charge is -2.31. The van der Waals surface area contributed by atoms with Gasteiger partial charge in [0, 0.05) is 11.6 Å². The first kappa shape index (κ1) is 17.3. The Morgan fingerprint density at radius 2 is 1.86 bits per heavy atom. The number of amides is 1. The van der Waals surface area contributed by atoms with E-state index >= 15 is 0 Å². The molecule has 2 N–H and O–H groups in total. The molecule has 21 heavy (non-hydrogen) atoms. The third kappa shape index (κ3) is 4.61. The minimum atomic E-state index is -4.50. The topological polar surface area (TPSA) is 46.3 Å². The van der Waals surface area contributed by atoms with Gasteiger partial charge in [-0.1, -0.05) is 13.8 Å². The molecule has 1 amide bonds. The molecule has 1 aromatic carbocycles. The lowest BCUT2D eigenvalue weighted by atomic mass is 10.1. The van der Waals surface area contributed by atoms with Crippen LogP contribution in [-0.4, -0.2) is 29.6 Å². The second-order valence-corrected chi connectivity index (χ2v) is 4.75. The first-order chi connectivity index (χ1) is 9.69. The summed E-state index contributed by atoms with van der Waals surface area (Å²) in [5.41, 5.74) is 5.04. The Balaban J connectivity index is 3.11. The molecule has 0 radical (unpaired) electrons. The summed E-state index contributed by atoms with van der Waals surface area (Å²) >= 11 is 0. The van der Waals surface area contributed by atoms with Crippen molar-refractivity contribution in [2.75, 3.05) is 12.3 Å². The number of nitrogen functional groups attached to an aromatic ring is 1. The maximum Gasteiger partial charge on any atom is 0.406 e. The number of hydrogen-bond donors (Lipinski definition) is 1. The molecule has 0 aliphatic heterocycles. The van der Waals surface area contributed by atoms with E-state index in [1.807, 2.05) is 0 Å². The normalized spacial score (nSPS) is 11.8. The summed E-state index contributed by atoms with van der Waals surface area (Å²) in [5.74, 6) is -1.51. The minimum Gasteiger partial charge on any atom is -0.396 e. The predicted molar refractivity (Wildman–Crippen MR) is 72.3 cm³/mol. The van der Waals surface area contributed by atoms with E-state index in [4.69, 9.17) is 5.73 Å². The molecule has 0 spiro atoms. The molecule has 0 saturated carbocycles. The summed E-state index contributed by atoms with van der Waals surface area (Å²) in [6, 6.07) is 2.63.